The maximum absolute atomic E-state index is 12.5. The maximum atomic E-state index is 12.5. The van der Waals surface area contributed by atoms with Gasteiger partial charge < -0.3 is 9.80 Å². The molecule has 2 fully saturated rings. The van der Waals surface area contributed by atoms with Gasteiger partial charge in [-0.2, -0.15) is 0 Å². The SMILES string of the molecule is O=C(C1=C(C(=O)N2CCCCC2)N[N+]=N1)N1CCCCC1. The lowest BCUT2D eigenvalue weighted by molar-refractivity contribution is -0.131. The Morgan fingerprint density at radius 1 is 0.857 bits per heavy atom. The molecule has 0 saturated carbocycles. The van der Waals surface area contributed by atoms with Gasteiger partial charge in [-0.25, -0.2) is 0 Å². The predicted molar refractivity (Wildman–Crippen MR) is 75.6 cm³/mol. The van der Waals surface area contributed by atoms with Crippen LogP contribution in [0, 0.1) is 0 Å². The summed E-state index contributed by atoms with van der Waals surface area (Å²) < 4.78 is 0. The van der Waals surface area contributed by atoms with Crippen LogP contribution in [0.3, 0.4) is 0 Å². The molecule has 0 aliphatic carbocycles. The van der Waals surface area contributed by atoms with Crippen molar-refractivity contribution in [2.24, 2.45) is 5.11 Å². The Hall–Kier alpha value is -1.92. The van der Waals surface area contributed by atoms with Gasteiger partial charge in [0.25, 0.3) is 11.8 Å². The summed E-state index contributed by atoms with van der Waals surface area (Å²) in [5.74, 6) is -0.330. The Labute approximate surface area is 124 Å². The second kappa shape index (κ2) is 6.24. The molecule has 0 aromatic heterocycles. The average Bonchev–Trinajstić information content (AvgIpc) is 3.04. The van der Waals surface area contributed by atoms with Crippen LogP contribution in [0.2, 0.25) is 0 Å². The summed E-state index contributed by atoms with van der Waals surface area (Å²) in [6, 6.07) is 0. The Morgan fingerprint density at radius 3 is 1.95 bits per heavy atom. The number of carbonyl (C=O) groups excluding carboxylic acids is 2. The Morgan fingerprint density at radius 2 is 1.38 bits per heavy atom. The second-order valence-electron chi connectivity index (χ2n) is 5.74. The summed E-state index contributed by atoms with van der Waals surface area (Å²) in [4.78, 5) is 28.6. The van der Waals surface area contributed by atoms with E-state index in [0.717, 1.165) is 64.7 Å². The first kappa shape index (κ1) is 14.0. The molecule has 0 spiro atoms. The van der Waals surface area contributed by atoms with Gasteiger partial charge in [-0.05, 0) is 38.5 Å². The summed E-state index contributed by atoms with van der Waals surface area (Å²) in [6.45, 7) is 2.97. The predicted octanol–water partition coefficient (Wildman–Crippen LogP) is 0.529. The lowest BCUT2D eigenvalue weighted by Gasteiger charge is -2.27. The van der Waals surface area contributed by atoms with E-state index in [9.17, 15) is 9.59 Å². The molecule has 3 heterocycles. The lowest BCUT2D eigenvalue weighted by Crippen LogP contribution is -2.41. The van der Waals surface area contributed by atoms with Gasteiger partial charge in [-0.3, -0.25) is 9.59 Å². The van der Waals surface area contributed by atoms with Crippen molar-refractivity contribution in [1.29, 1.82) is 0 Å². The number of nitrogens with one attached hydrogen (secondary N) is 1. The second-order valence-corrected chi connectivity index (χ2v) is 5.74. The molecule has 3 rings (SSSR count). The van der Waals surface area contributed by atoms with Crippen LogP contribution in [0.15, 0.2) is 16.5 Å². The Kier molecular flexibility index (Phi) is 4.17. The van der Waals surface area contributed by atoms with E-state index >= 15 is 0 Å². The number of carbonyl (C=O) groups is 2. The minimum Gasteiger partial charge on any atom is -0.337 e. The highest BCUT2D eigenvalue weighted by Gasteiger charge is 2.37. The van der Waals surface area contributed by atoms with Crippen molar-refractivity contribution in [2.45, 2.75) is 38.5 Å². The summed E-state index contributed by atoms with van der Waals surface area (Å²) in [7, 11) is 0. The molecule has 0 bridgehead atoms. The molecule has 2 amide bonds. The number of likely N-dealkylation sites (tertiary alicyclic amines) is 2. The van der Waals surface area contributed by atoms with E-state index in [1.807, 2.05) is 0 Å². The summed E-state index contributed by atoms with van der Waals surface area (Å²) in [5.41, 5.74) is 3.04. The number of amides is 2. The molecule has 113 valence electrons. The zero-order valence-electron chi connectivity index (χ0n) is 12.2. The summed E-state index contributed by atoms with van der Waals surface area (Å²) >= 11 is 0. The largest absolute Gasteiger partial charge is 0.337 e. The molecule has 0 aromatic rings. The molecule has 1 N–H and O–H groups in total. The Bertz CT molecular complexity index is 488. The average molecular weight is 291 g/mol. The fourth-order valence-electron chi connectivity index (χ4n) is 3.03. The van der Waals surface area contributed by atoms with Gasteiger partial charge in [0.05, 0.1) is 0 Å². The van der Waals surface area contributed by atoms with Crippen molar-refractivity contribution in [3.8, 4) is 0 Å². The molecule has 7 nitrogen and oxygen atoms in total. The molecule has 0 unspecified atom stereocenters. The van der Waals surface area contributed by atoms with Crippen molar-refractivity contribution < 1.29 is 9.59 Å². The zero-order valence-corrected chi connectivity index (χ0v) is 12.2. The van der Waals surface area contributed by atoms with E-state index in [4.69, 9.17) is 0 Å². The number of hydrogen-bond acceptors (Lipinski definition) is 5. The molecule has 7 heteroatoms. The van der Waals surface area contributed by atoms with Crippen molar-refractivity contribution >= 4 is 11.8 Å². The standard InChI is InChI=1S/C14H21N5O2/c20-13(18-7-3-1-4-8-18)11-12(16-17-15-11)14(21)19-9-5-2-6-10-19/h1-10H2,(H,15,16)/q+1. The minimum atomic E-state index is -0.177. The van der Waals surface area contributed by atoms with E-state index in [-0.39, 0.29) is 23.2 Å². The highest BCUT2D eigenvalue weighted by atomic mass is 16.2. The smallest absolute Gasteiger partial charge is 0.331 e. The van der Waals surface area contributed by atoms with Crippen LogP contribution < -0.4 is 10.6 Å². The normalized spacial score (nSPS) is 22.5. The van der Waals surface area contributed by atoms with Crippen LogP contribution in [0.5, 0.6) is 0 Å². The fourth-order valence-corrected chi connectivity index (χ4v) is 3.03. The van der Waals surface area contributed by atoms with Gasteiger partial charge >= 0.3 is 5.22 Å². The number of piperidine rings is 2. The first-order valence-electron chi connectivity index (χ1n) is 7.77. The van der Waals surface area contributed by atoms with Gasteiger partial charge in [-0.1, -0.05) is 5.43 Å². The molecular formula is C14H21N5O2+. The third-order valence-electron chi connectivity index (χ3n) is 4.25. The van der Waals surface area contributed by atoms with E-state index in [1.54, 1.807) is 9.80 Å². The first-order valence-corrected chi connectivity index (χ1v) is 7.77. The van der Waals surface area contributed by atoms with Crippen LogP contribution in [0.25, 0.3) is 0 Å². The number of hydrogen-bond donors (Lipinski definition) is 1. The molecule has 1 radical (unpaired) electrons. The van der Waals surface area contributed by atoms with Gasteiger partial charge in [0.15, 0.2) is 0 Å². The van der Waals surface area contributed by atoms with E-state index in [1.165, 1.54) is 0 Å². The van der Waals surface area contributed by atoms with Crippen LogP contribution in [0.4, 0.5) is 0 Å². The van der Waals surface area contributed by atoms with E-state index in [0.29, 0.717) is 0 Å². The summed E-state index contributed by atoms with van der Waals surface area (Å²) in [5, 5.41) is 7.55. The van der Waals surface area contributed by atoms with Gasteiger partial charge in [-0.15, -0.1) is 0 Å². The minimum absolute atomic E-state index is 0.153. The molecule has 0 aromatic carbocycles. The van der Waals surface area contributed by atoms with Crippen LogP contribution in [-0.2, 0) is 9.59 Å². The molecule has 2 saturated heterocycles. The fraction of sp³-hybridized carbons (Fsp3) is 0.714. The van der Waals surface area contributed by atoms with E-state index in [2.05, 4.69) is 15.8 Å². The van der Waals surface area contributed by atoms with Crippen LogP contribution in [0.1, 0.15) is 38.5 Å². The maximum Gasteiger partial charge on any atom is 0.331 e. The number of nitrogens with zero attached hydrogens (tertiary/aromatic N) is 4. The van der Waals surface area contributed by atoms with Crippen molar-refractivity contribution in [3.63, 3.8) is 0 Å². The monoisotopic (exact) mass is 291 g/mol. The van der Waals surface area contributed by atoms with Gasteiger partial charge in [0.2, 0.25) is 11.4 Å². The highest BCUT2D eigenvalue weighted by Crippen LogP contribution is 2.19. The van der Waals surface area contributed by atoms with E-state index < -0.39 is 0 Å². The molecule has 0 atom stereocenters. The molecule has 21 heavy (non-hydrogen) atoms. The highest BCUT2D eigenvalue weighted by molar-refractivity contribution is 6.04. The van der Waals surface area contributed by atoms with Gasteiger partial charge in [0.1, 0.15) is 5.11 Å². The van der Waals surface area contributed by atoms with Crippen LogP contribution >= 0.6 is 0 Å². The molecule has 3 aliphatic heterocycles. The van der Waals surface area contributed by atoms with Crippen molar-refractivity contribution in [3.05, 3.63) is 11.4 Å². The number of rotatable bonds is 2. The third kappa shape index (κ3) is 2.91. The first-order chi connectivity index (χ1) is 10.3. The van der Waals surface area contributed by atoms with Crippen molar-refractivity contribution in [2.75, 3.05) is 26.2 Å². The third-order valence-corrected chi connectivity index (χ3v) is 4.25. The van der Waals surface area contributed by atoms with Crippen molar-refractivity contribution in [1.82, 2.24) is 20.4 Å². The summed E-state index contributed by atoms with van der Waals surface area (Å²) in [6.07, 6.45) is 6.37. The lowest BCUT2D eigenvalue weighted by atomic mass is 10.1. The zero-order chi connectivity index (χ0) is 14.7. The quantitative estimate of drug-likeness (QED) is 0.806. The topological polar surface area (TPSA) is 79.1 Å². The van der Waals surface area contributed by atoms with Crippen LogP contribution in [-0.4, -0.2) is 47.8 Å². The molecular weight excluding hydrogens is 270 g/mol. The molecule has 3 aliphatic rings. The Balaban J connectivity index is 1.75. The van der Waals surface area contributed by atoms with Gasteiger partial charge in [0, 0.05) is 26.2 Å².